The van der Waals surface area contributed by atoms with Crippen LogP contribution in [0.4, 0.5) is 0 Å². The summed E-state index contributed by atoms with van der Waals surface area (Å²) < 4.78 is 0. The van der Waals surface area contributed by atoms with Gasteiger partial charge in [-0.05, 0) is 109 Å². The van der Waals surface area contributed by atoms with Gasteiger partial charge in [0.15, 0.2) is 0 Å². The summed E-state index contributed by atoms with van der Waals surface area (Å²) in [5.41, 5.74) is 17.0. The van der Waals surface area contributed by atoms with Crippen LogP contribution >= 0.6 is 47.0 Å². The van der Waals surface area contributed by atoms with Crippen molar-refractivity contribution < 1.29 is 15.1 Å². The SMILES string of the molecule is Cc1ccc(Sc2ccc(C)cc2[PH+](c2ccccc2)c2ccccc2)c([PH+](c2ccccc2)c2ccccc2)c1.NC(c1ccccc1)C(N)c1ccccc1.[Cl][Ru+2][Cl]. The van der Waals surface area contributed by atoms with Crippen molar-refractivity contribution in [2.75, 3.05) is 0 Å². The van der Waals surface area contributed by atoms with Crippen molar-refractivity contribution in [3.05, 3.63) is 241 Å². The number of benzene rings is 8. The van der Waals surface area contributed by atoms with Crippen LogP contribution in [0.2, 0.25) is 0 Å². The van der Waals surface area contributed by atoms with Gasteiger partial charge in [-0.2, -0.15) is 0 Å². The van der Waals surface area contributed by atoms with Crippen LogP contribution in [-0.4, -0.2) is 0 Å². The van der Waals surface area contributed by atoms with Gasteiger partial charge in [-0.15, -0.1) is 0 Å². The van der Waals surface area contributed by atoms with Crippen molar-refractivity contribution in [3.8, 4) is 0 Å². The molecule has 0 heterocycles. The molecular weight excluding hydrogens is 919 g/mol. The van der Waals surface area contributed by atoms with E-state index in [0.29, 0.717) is 0 Å². The van der Waals surface area contributed by atoms with E-state index < -0.39 is 15.8 Å². The molecule has 302 valence electrons. The van der Waals surface area contributed by atoms with Gasteiger partial charge in [0, 0.05) is 12.1 Å². The Labute approximate surface area is 379 Å². The molecule has 0 aromatic heterocycles. The van der Waals surface area contributed by atoms with Gasteiger partial charge < -0.3 is 11.5 Å². The Bertz CT molecular complexity index is 2220. The van der Waals surface area contributed by atoms with Gasteiger partial charge in [-0.3, -0.25) is 0 Å². The summed E-state index contributed by atoms with van der Waals surface area (Å²) in [5, 5.41) is 8.57. The van der Waals surface area contributed by atoms with E-state index in [-0.39, 0.29) is 27.2 Å². The van der Waals surface area contributed by atoms with E-state index in [1.807, 2.05) is 72.4 Å². The molecule has 0 saturated heterocycles. The Morgan fingerprint density at radius 1 is 0.400 bits per heavy atom. The fourth-order valence-corrected chi connectivity index (χ4v) is 14.3. The van der Waals surface area contributed by atoms with Gasteiger partial charge >= 0.3 is 34.5 Å². The Balaban J connectivity index is 0.000000264. The monoisotopic (exact) mass is 968 g/mol. The molecule has 0 radical (unpaired) electrons. The number of hydrogen-bond acceptors (Lipinski definition) is 3. The third-order valence-corrected chi connectivity index (χ3v) is 17.1. The molecule has 8 heteroatoms. The summed E-state index contributed by atoms with van der Waals surface area (Å²) >= 11 is 1.60. The zero-order valence-electron chi connectivity index (χ0n) is 33.6. The van der Waals surface area contributed by atoms with Crippen molar-refractivity contribution in [3.63, 3.8) is 0 Å². The maximum absolute atomic E-state index is 6.15. The second-order valence-corrected chi connectivity index (χ2v) is 22.8. The first-order valence-corrected chi connectivity index (χ1v) is 28.0. The fraction of sp³-hybridized carbons (Fsp3) is 0.0769. The molecule has 4 N–H and O–H groups in total. The molecule has 2 nitrogen and oxygen atoms in total. The molecule has 0 aliphatic rings. The van der Waals surface area contributed by atoms with Gasteiger partial charge in [0.05, 0.1) is 25.6 Å². The van der Waals surface area contributed by atoms with Crippen LogP contribution in [0, 0.1) is 13.8 Å². The third-order valence-electron chi connectivity index (χ3n) is 10.0. The first-order chi connectivity index (χ1) is 29.4. The number of rotatable bonds is 11. The molecule has 8 rings (SSSR count). The van der Waals surface area contributed by atoms with E-state index in [9.17, 15) is 0 Å². The average Bonchev–Trinajstić information content (AvgIpc) is 3.30. The van der Waals surface area contributed by atoms with Crippen LogP contribution in [0.25, 0.3) is 0 Å². The normalized spacial score (nSPS) is 11.8. The zero-order chi connectivity index (χ0) is 42.1. The van der Waals surface area contributed by atoms with E-state index in [0.717, 1.165) is 11.1 Å². The fourth-order valence-electron chi connectivity index (χ4n) is 7.11. The van der Waals surface area contributed by atoms with Crippen molar-refractivity contribution >= 4 is 78.8 Å². The van der Waals surface area contributed by atoms with Crippen LogP contribution < -0.4 is 43.3 Å². The minimum atomic E-state index is -1.20. The van der Waals surface area contributed by atoms with Crippen molar-refractivity contribution in [2.24, 2.45) is 11.5 Å². The summed E-state index contributed by atoms with van der Waals surface area (Å²) in [6.07, 6.45) is 0. The summed E-state index contributed by atoms with van der Waals surface area (Å²) in [6.45, 7) is 4.44. The summed E-state index contributed by atoms with van der Waals surface area (Å²) in [7, 11) is 7.30. The first kappa shape index (κ1) is 45.6. The van der Waals surface area contributed by atoms with Crippen molar-refractivity contribution in [1.29, 1.82) is 0 Å². The Morgan fingerprint density at radius 2 is 0.650 bits per heavy atom. The summed E-state index contributed by atoms with van der Waals surface area (Å²) in [6, 6.07) is 78.1. The van der Waals surface area contributed by atoms with Crippen LogP contribution in [-0.2, 0) is 15.1 Å². The standard InChI is InChI=1S/C38H32P2S.C14H16N2.2ClH.Ru/c1-29-23-25-37(35(27-29)39(31-15-7-3-8-16-31)32-17-9-4-10-18-32)41-38-26-24-30(2)28-36(38)40(33-19-11-5-12-20-33)34-21-13-6-14-22-34;15-13(11-7-3-1-4-8-11)14(16)12-9-5-2-6-10-12;;;/h3-28H,1-2H3;1-10,13-14H,15-16H2;2*1H;/q;;;;+4. The number of nitrogens with two attached hydrogens (primary N) is 2. The Morgan fingerprint density at radius 3 is 0.917 bits per heavy atom. The molecule has 0 bridgehead atoms. The molecule has 8 aromatic carbocycles. The van der Waals surface area contributed by atoms with Gasteiger partial charge in [0.25, 0.3) is 0 Å². The van der Waals surface area contributed by atoms with E-state index in [1.165, 1.54) is 52.7 Å². The second kappa shape index (κ2) is 23.9. The number of aryl methyl sites for hydroxylation is 2. The molecule has 0 aliphatic carbocycles. The maximum atomic E-state index is 6.15. The Kier molecular flexibility index (Phi) is 18.2. The molecule has 0 aliphatic heterocycles. The van der Waals surface area contributed by atoms with Crippen molar-refractivity contribution in [2.45, 2.75) is 35.7 Å². The van der Waals surface area contributed by atoms with Crippen LogP contribution in [0.5, 0.6) is 0 Å². The van der Waals surface area contributed by atoms with E-state index >= 15 is 0 Å². The van der Waals surface area contributed by atoms with Gasteiger partial charge in [-0.25, -0.2) is 0 Å². The van der Waals surface area contributed by atoms with E-state index in [2.05, 4.69) is 172 Å². The van der Waals surface area contributed by atoms with E-state index in [4.69, 9.17) is 30.8 Å². The van der Waals surface area contributed by atoms with Crippen LogP contribution in [0.3, 0.4) is 0 Å². The first-order valence-electron chi connectivity index (χ1n) is 19.7. The predicted octanol–water partition coefficient (Wildman–Crippen LogP) is 11.2. The van der Waals surface area contributed by atoms with Crippen molar-refractivity contribution in [1.82, 2.24) is 0 Å². The number of hydrogen-bond donors (Lipinski definition) is 2. The molecule has 0 spiro atoms. The quantitative estimate of drug-likeness (QED) is 0.100. The molecule has 2 unspecified atom stereocenters. The minimum absolute atomic E-state index is 0.163. The molecule has 60 heavy (non-hydrogen) atoms. The van der Waals surface area contributed by atoms with Gasteiger partial charge in [-0.1, -0.05) is 157 Å². The average molecular weight is 969 g/mol. The second-order valence-electron chi connectivity index (χ2n) is 14.2. The van der Waals surface area contributed by atoms with Crippen LogP contribution in [0.15, 0.2) is 228 Å². The predicted molar refractivity (Wildman–Crippen MR) is 265 cm³/mol. The topological polar surface area (TPSA) is 52.0 Å². The molecule has 0 saturated carbocycles. The molecule has 0 amide bonds. The van der Waals surface area contributed by atoms with Gasteiger partial charge in [0.2, 0.25) is 0 Å². The summed E-state index contributed by atoms with van der Waals surface area (Å²) in [5.74, 6) is 0. The Hall–Kier alpha value is -3.91. The molecule has 0 fully saturated rings. The number of halogens is 2. The third kappa shape index (κ3) is 12.6. The van der Waals surface area contributed by atoms with Crippen LogP contribution in [0.1, 0.15) is 34.3 Å². The molecule has 2 atom stereocenters. The zero-order valence-corrected chi connectivity index (χ0v) is 39.7. The molecular formula is C52H50Cl2N2P2RuS+4. The molecule has 8 aromatic rings. The summed E-state index contributed by atoms with van der Waals surface area (Å²) in [4.78, 5) is 2.70. The van der Waals surface area contributed by atoms with Gasteiger partial charge in [0.1, 0.15) is 31.8 Å². The van der Waals surface area contributed by atoms with E-state index in [1.54, 1.807) is 0 Å².